The average Bonchev–Trinajstić information content (AvgIpc) is 3.40. The largest absolute Gasteiger partial charge is 0.396 e. The van der Waals surface area contributed by atoms with Gasteiger partial charge in [0.2, 0.25) is 10.0 Å². The van der Waals surface area contributed by atoms with Crippen molar-refractivity contribution in [2.75, 3.05) is 46.5 Å². The summed E-state index contributed by atoms with van der Waals surface area (Å²) in [5, 5.41) is 12.3. The van der Waals surface area contributed by atoms with Gasteiger partial charge in [-0.1, -0.05) is 26.8 Å². The van der Waals surface area contributed by atoms with Crippen molar-refractivity contribution in [1.82, 2.24) is 0 Å². The van der Waals surface area contributed by atoms with E-state index in [-0.39, 0.29) is 12.5 Å². The van der Waals surface area contributed by atoms with Gasteiger partial charge in [0, 0.05) is 36.0 Å². The number of hydrogen-bond acceptors (Lipinski definition) is 6. The third-order valence-electron chi connectivity index (χ3n) is 8.11. The topological polar surface area (TPSA) is 89.9 Å². The number of anilines is 3. The lowest BCUT2D eigenvalue weighted by Gasteiger charge is -2.33. The Hall–Kier alpha value is -2.23. The maximum Gasteiger partial charge on any atom is 0.257 e. The van der Waals surface area contributed by atoms with E-state index in [2.05, 4.69) is 23.2 Å². The first kappa shape index (κ1) is 29.7. The fourth-order valence-corrected chi connectivity index (χ4v) is 7.59. The van der Waals surface area contributed by atoms with Crippen molar-refractivity contribution in [3.05, 3.63) is 47.5 Å². The molecule has 7 nitrogen and oxygen atoms in total. The van der Waals surface area contributed by atoms with Crippen molar-refractivity contribution >= 4 is 44.8 Å². The van der Waals surface area contributed by atoms with E-state index in [4.69, 9.17) is 0 Å². The predicted octanol–water partition coefficient (Wildman–Crippen LogP) is 5.78. The summed E-state index contributed by atoms with van der Waals surface area (Å²) in [6.45, 7) is 13.9. The molecule has 2 aliphatic heterocycles. The summed E-state index contributed by atoms with van der Waals surface area (Å²) in [4.78, 5) is 16.9. The Morgan fingerprint density at radius 3 is 2.54 bits per heavy atom. The number of aliphatic hydroxyl groups excluding tert-OH is 1. The summed E-state index contributed by atoms with van der Waals surface area (Å²) < 4.78 is 26.9. The van der Waals surface area contributed by atoms with E-state index in [1.165, 1.54) is 10.7 Å². The van der Waals surface area contributed by atoms with Crippen LogP contribution in [0, 0.1) is 11.3 Å². The van der Waals surface area contributed by atoms with E-state index in [1.807, 2.05) is 38.1 Å². The first-order valence-electron chi connectivity index (χ1n) is 14.0. The maximum atomic E-state index is 13.6. The van der Waals surface area contributed by atoms with Gasteiger partial charge in [-0.05, 0) is 87.3 Å². The molecule has 1 saturated carbocycles. The molecule has 39 heavy (non-hydrogen) atoms. The minimum Gasteiger partial charge on any atom is -0.396 e. The number of piperidine rings is 1. The molecule has 3 aliphatic rings. The average molecular weight is 574 g/mol. The van der Waals surface area contributed by atoms with Crippen LogP contribution in [0.15, 0.2) is 41.3 Å². The number of fused-ring (bicyclic) bond motifs is 2. The van der Waals surface area contributed by atoms with E-state index in [0.717, 1.165) is 35.7 Å². The van der Waals surface area contributed by atoms with E-state index in [0.29, 0.717) is 47.0 Å². The van der Waals surface area contributed by atoms with Crippen molar-refractivity contribution in [1.29, 1.82) is 0 Å². The number of sulfonamides is 1. The van der Waals surface area contributed by atoms with E-state index in [1.54, 1.807) is 38.6 Å². The second kappa shape index (κ2) is 11.3. The minimum atomic E-state index is -3.53. The molecule has 2 aromatic rings. The van der Waals surface area contributed by atoms with E-state index < -0.39 is 14.8 Å². The molecule has 5 rings (SSSR count). The number of benzene rings is 2. The Bertz CT molecular complexity index is 1320. The lowest BCUT2D eigenvalue weighted by atomic mass is 9.96. The summed E-state index contributed by atoms with van der Waals surface area (Å²) >= 11 is 1.58. The summed E-state index contributed by atoms with van der Waals surface area (Å²) in [5.74, 6) is 1.06. The van der Waals surface area contributed by atoms with Gasteiger partial charge in [0.1, 0.15) is 0 Å². The predicted molar refractivity (Wildman–Crippen MR) is 163 cm³/mol. The second-order valence-electron chi connectivity index (χ2n) is 11.7. The van der Waals surface area contributed by atoms with Crippen molar-refractivity contribution < 1.29 is 18.3 Å². The molecule has 2 N–H and O–H groups in total. The number of rotatable bonds is 7. The molecule has 0 spiro atoms. The van der Waals surface area contributed by atoms with Crippen LogP contribution in [0.25, 0.3) is 0 Å². The van der Waals surface area contributed by atoms with Crippen LogP contribution in [0.2, 0.25) is 0 Å². The third-order valence-corrected chi connectivity index (χ3v) is 11.6. The van der Waals surface area contributed by atoms with Crippen molar-refractivity contribution in [3.8, 4) is 0 Å². The van der Waals surface area contributed by atoms with Gasteiger partial charge in [0.25, 0.3) is 5.91 Å². The summed E-state index contributed by atoms with van der Waals surface area (Å²) in [7, 11) is -3.53. The number of carbonyl (C=O) groups excluding carboxylic acids is 1. The van der Waals surface area contributed by atoms with Gasteiger partial charge in [-0.2, -0.15) is 0 Å². The molecule has 2 aromatic carbocycles. The minimum absolute atomic E-state index is 0.104. The van der Waals surface area contributed by atoms with Crippen LogP contribution in [0.5, 0.6) is 0 Å². The molecule has 214 valence electrons. The number of nitrogens with one attached hydrogen (secondary N) is 1. The van der Waals surface area contributed by atoms with Gasteiger partial charge in [0.15, 0.2) is 0 Å². The van der Waals surface area contributed by atoms with Gasteiger partial charge in [-0.3, -0.25) is 9.10 Å². The van der Waals surface area contributed by atoms with Crippen molar-refractivity contribution in [2.45, 2.75) is 70.4 Å². The van der Waals surface area contributed by atoms with Crippen LogP contribution in [-0.2, 0) is 16.4 Å². The highest BCUT2D eigenvalue weighted by Gasteiger charge is 2.52. The molecule has 1 amide bonds. The number of aliphatic hydroxyl groups is 1. The van der Waals surface area contributed by atoms with Crippen LogP contribution < -0.4 is 14.5 Å². The van der Waals surface area contributed by atoms with Gasteiger partial charge in [-0.15, -0.1) is 11.8 Å². The zero-order chi connectivity index (χ0) is 28.6. The lowest BCUT2D eigenvalue weighted by molar-refractivity contribution is 0.102. The zero-order valence-corrected chi connectivity index (χ0v) is 25.7. The molecular weight excluding hydrogens is 530 g/mol. The van der Waals surface area contributed by atoms with Crippen molar-refractivity contribution in [3.63, 3.8) is 0 Å². The number of thioether (sulfide) groups is 1. The molecule has 0 bridgehead atoms. The van der Waals surface area contributed by atoms with E-state index >= 15 is 0 Å². The number of nitrogens with zero attached hydrogens (tertiary/aromatic N) is 2. The monoisotopic (exact) mass is 573 g/mol. The highest BCUT2D eigenvalue weighted by Crippen LogP contribution is 2.58. The standard InChI is InChI=1S/C28H37N3O4S2.C2H6/c1-27(2,3)37(34,35)31-11-9-19-5-6-21(15-24(19)31)29-26(33)23-8-7-22(36-14-13-32)16-25(23)30-12-10-28(4)17-20(28)18-30;1-2/h5-8,15-16,20,32H,9-14,17-18H2,1-4H3,(H,29,33);1-2H3. The molecule has 2 heterocycles. The molecule has 2 fully saturated rings. The fraction of sp³-hybridized carbons (Fsp3) is 0.567. The second-order valence-corrected chi connectivity index (χ2v) is 15.5. The molecule has 1 saturated heterocycles. The molecule has 9 heteroatoms. The van der Waals surface area contributed by atoms with E-state index in [9.17, 15) is 18.3 Å². The van der Waals surface area contributed by atoms with Crippen LogP contribution >= 0.6 is 11.8 Å². The number of amides is 1. The Morgan fingerprint density at radius 1 is 1.13 bits per heavy atom. The van der Waals surface area contributed by atoms with Gasteiger partial charge < -0.3 is 15.3 Å². The smallest absolute Gasteiger partial charge is 0.257 e. The summed E-state index contributed by atoms with van der Waals surface area (Å²) in [5.41, 5.74) is 4.18. The first-order valence-corrected chi connectivity index (χ1v) is 16.4. The summed E-state index contributed by atoms with van der Waals surface area (Å²) in [6, 6.07) is 11.4. The Morgan fingerprint density at radius 2 is 1.87 bits per heavy atom. The SMILES string of the molecule is CC.CC12CCN(c3cc(SCCO)ccc3C(=O)Nc3ccc4c(c3)N(S(=O)(=O)C(C)(C)C)CC4)CC1C2. The lowest BCUT2D eigenvalue weighted by Crippen LogP contribution is -2.42. The molecule has 1 aliphatic carbocycles. The van der Waals surface area contributed by atoms with Crippen LogP contribution in [0.1, 0.15) is 70.3 Å². The van der Waals surface area contributed by atoms with Gasteiger partial charge >= 0.3 is 0 Å². The van der Waals surface area contributed by atoms with Gasteiger partial charge in [0.05, 0.1) is 28.3 Å². The molecule has 0 radical (unpaired) electrons. The van der Waals surface area contributed by atoms with Gasteiger partial charge in [-0.25, -0.2) is 8.42 Å². The molecule has 0 aromatic heterocycles. The van der Waals surface area contributed by atoms with Crippen LogP contribution in [0.4, 0.5) is 17.1 Å². The van der Waals surface area contributed by atoms with Crippen molar-refractivity contribution in [2.24, 2.45) is 11.3 Å². The molecule has 2 atom stereocenters. The maximum absolute atomic E-state index is 13.6. The molecular formula is C30H43N3O4S2. The van der Waals surface area contributed by atoms with Crippen LogP contribution in [0.3, 0.4) is 0 Å². The number of hydrogen-bond donors (Lipinski definition) is 2. The zero-order valence-electron chi connectivity index (χ0n) is 24.1. The molecule has 2 unspecified atom stereocenters. The normalized spacial score (nSPS) is 22.0. The summed E-state index contributed by atoms with van der Waals surface area (Å²) in [6.07, 6.45) is 3.02. The highest BCUT2D eigenvalue weighted by molar-refractivity contribution is 7.99. The highest BCUT2D eigenvalue weighted by atomic mass is 32.2. The Labute approximate surface area is 238 Å². The number of carbonyl (C=O) groups is 1. The fourth-order valence-electron chi connectivity index (χ4n) is 5.49. The third kappa shape index (κ3) is 5.95. The first-order chi connectivity index (χ1) is 18.4. The Balaban J connectivity index is 0.00000172. The quantitative estimate of drug-likeness (QED) is 0.409. The van der Waals surface area contributed by atoms with Crippen LogP contribution in [-0.4, -0.2) is 56.2 Å². The Kier molecular flexibility index (Phi) is 8.64.